The van der Waals surface area contributed by atoms with Crippen molar-refractivity contribution in [1.29, 1.82) is 5.26 Å². The number of rotatable bonds is 2. The van der Waals surface area contributed by atoms with Crippen molar-refractivity contribution in [2.45, 2.75) is 12.8 Å². The number of anilines is 2. The lowest BCUT2D eigenvalue weighted by molar-refractivity contribution is -0.116. The maximum absolute atomic E-state index is 11.4. The summed E-state index contributed by atoms with van der Waals surface area (Å²) in [6, 6.07) is 12.4. The van der Waals surface area contributed by atoms with Gasteiger partial charge in [-0.2, -0.15) is 5.26 Å². The van der Waals surface area contributed by atoms with Crippen LogP contribution in [0.4, 0.5) is 11.4 Å². The standard InChI is InChI=1S/C16H13N3O2/c17-9-10-1-4-12(5-2-10)21-15-8-14-11(7-13(15)18)3-6-16(20)19-14/h1-2,4-5,7-8H,3,6,18H2,(H,19,20). The quantitative estimate of drug-likeness (QED) is 0.827. The van der Waals surface area contributed by atoms with Gasteiger partial charge in [-0.25, -0.2) is 0 Å². The number of carbonyl (C=O) groups is 1. The van der Waals surface area contributed by atoms with E-state index < -0.39 is 0 Å². The highest BCUT2D eigenvalue weighted by atomic mass is 16.5. The van der Waals surface area contributed by atoms with Crippen molar-refractivity contribution >= 4 is 17.3 Å². The number of hydrogen-bond donors (Lipinski definition) is 2. The summed E-state index contributed by atoms with van der Waals surface area (Å²) in [7, 11) is 0. The molecule has 0 saturated heterocycles. The van der Waals surface area contributed by atoms with Crippen molar-refractivity contribution < 1.29 is 9.53 Å². The average Bonchev–Trinajstić information content (AvgIpc) is 2.49. The van der Waals surface area contributed by atoms with Crippen LogP contribution in [0.15, 0.2) is 36.4 Å². The normalized spacial score (nSPS) is 13.0. The molecule has 0 unspecified atom stereocenters. The molecule has 1 aliphatic rings. The van der Waals surface area contributed by atoms with Gasteiger partial charge in [0.2, 0.25) is 5.91 Å². The largest absolute Gasteiger partial charge is 0.455 e. The number of fused-ring (bicyclic) bond motifs is 1. The summed E-state index contributed by atoms with van der Waals surface area (Å²) in [5.74, 6) is 1.07. The fourth-order valence-electron chi connectivity index (χ4n) is 2.24. The molecule has 0 spiro atoms. The summed E-state index contributed by atoms with van der Waals surface area (Å²) in [5, 5.41) is 11.6. The van der Waals surface area contributed by atoms with Gasteiger partial charge in [-0.1, -0.05) is 0 Å². The van der Waals surface area contributed by atoms with E-state index in [-0.39, 0.29) is 5.91 Å². The van der Waals surface area contributed by atoms with Crippen LogP contribution in [0, 0.1) is 11.3 Å². The smallest absolute Gasteiger partial charge is 0.224 e. The van der Waals surface area contributed by atoms with Crippen LogP contribution in [0.3, 0.4) is 0 Å². The molecule has 5 nitrogen and oxygen atoms in total. The molecule has 5 heteroatoms. The minimum Gasteiger partial charge on any atom is -0.455 e. The van der Waals surface area contributed by atoms with Crippen LogP contribution in [-0.2, 0) is 11.2 Å². The number of hydrogen-bond acceptors (Lipinski definition) is 4. The minimum absolute atomic E-state index is 0.00315. The van der Waals surface area contributed by atoms with Gasteiger partial charge >= 0.3 is 0 Å². The average molecular weight is 279 g/mol. The molecule has 0 saturated carbocycles. The van der Waals surface area contributed by atoms with E-state index >= 15 is 0 Å². The van der Waals surface area contributed by atoms with Crippen molar-refractivity contribution in [2.24, 2.45) is 0 Å². The van der Waals surface area contributed by atoms with Crippen LogP contribution in [0.25, 0.3) is 0 Å². The first-order valence-electron chi connectivity index (χ1n) is 6.56. The van der Waals surface area contributed by atoms with Crippen LogP contribution in [0.1, 0.15) is 17.5 Å². The fraction of sp³-hybridized carbons (Fsp3) is 0.125. The van der Waals surface area contributed by atoms with Gasteiger partial charge < -0.3 is 15.8 Å². The van der Waals surface area contributed by atoms with Gasteiger partial charge in [0.15, 0.2) is 5.75 Å². The molecule has 1 amide bonds. The van der Waals surface area contributed by atoms with Gasteiger partial charge in [-0.05, 0) is 42.3 Å². The Bertz CT molecular complexity index is 745. The number of nitrogens with zero attached hydrogens (tertiary/aromatic N) is 1. The van der Waals surface area contributed by atoms with Crippen LogP contribution in [0.5, 0.6) is 11.5 Å². The number of nitrogen functional groups attached to an aromatic ring is 1. The zero-order chi connectivity index (χ0) is 14.8. The van der Waals surface area contributed by atoms with Crippen LogP contribution in [0.2, 0.25) is 0 Å². The van der Waals surface area contributed by atoms with Crippen molar-refractivity contribution in [3.05, 3.63) is 47.5 Å². The molecule has 1 heterocycles. The van der Waals surface area contributed by atoms with Gasteiger partial charge in [-0.15, -0.1) is 0 Å². The monoisotopic (exact) mass is 279 g/mol. The second kappa shape index (κ2) is 5.17. The predicted octanol–water partition coefficient (Wildman–Crippen LogP) is 2.82. The summed E-state index contributed by atoms with van der Waals surface area (Å²) < 4.78 is 5.72. The number of nitriles is 1. The van der Waals surface area contributed by atoms with E-state index in [1.807, 2.05) is 12.1 Å². The van der Waals surface area contributed by atoms with E-state index in [1.54, 1.807) is 30.3 Å². The van der Waals surface area contributed by atoms with Crippen molar-refractivity contribution in [2.75, 3.05) is 11.1 Å². The highest BCUT2D eigenvalue weighted by Gasteiger charge is 2.17. The van der Waals surface area contributed by atoms with E-state index in [4.69, 9.17) is 15.7 Å². The third-order valence-electron chi connectivity index (χ3n) is 3.34. The van der Waals surface area contributed by atoms with Gasteiger partial charge in [-0.3, -0.25) is 4.79 Å². The van der Waals surface area contributed by atoms with E-state index in [0.717, 1.165) is 11.3 Å². The second-order valence-corrected chi connectivity index (χ2v) is 4.83. The summed E-state index contributed by atoms with van der Waals surface area (Å²) in [6.07, 6.45) is 1.16. The summed E-state index contributed by atoms with van der Waals surface area (Å²) >= 11 is 0. The van der Waals surface area contributed by atoms with E-state index in [1.165, 1.54) is 0 Å². The molecule has 104 valence electrons. The summed E-state index contributed by atoms with van der Waals surface area (Å²) in [4.78, 5) is 11.4. The zero-order valence-corrected chi connectivity index (χ0v) is 11.2. The minimum atomic E-state index is -0.00315. The molecule has 0 radical (unpaired) electrons. The SMILES string of the molecule is N#Cc1ccc(Oc2cc3c(cc2N)CCC(=O)N3)cc1. The Balaban J connectivity index is 1.89. The lowest BCUT2D eigenvalue weighted by Crippen LogP contribution is -2.19. The third-order valence-corrected chi connectivity index (χ3v) is 3.34. The Morgan fingerprint density at radius 3 is 2.67 bits per heavy atom. The lowest BCUT2D eigenvalue weighted by Gasteiger charge is -2.19. The van der Waals surface area contributed by atoms with Crippen LogP contribution in [-0.4, -0.2) is 5.91 Å². The summed E-state index contributed by atoms with van der Waals surface area (Å²) in [6.45, 7) is 0. The Hall–Kier alpha value is -3.00. The van der Waals surface area contributed by atoms with E-state index in [0.29, 0.717) is 35.6 Å². The van der Waals surface area contributed by atoms with Crippen LogP contribution < -0.4 is 15.8 Å². The number of aryl methyl sites for hydroxylation is 1. The van der Waals surface area contributed by atoms with Gasteiger partial charge in [0.25, 0.3) is 0 Å². The van der Waals surface area contributed by atoms with Crippen molar-refractivity contribution in [1.82, 2.24) is 0 Å². The third kappa shape index (κ3) is 2.65. The fourth-order valence-corrected chi connectivity index (χ4v) is 2.24. The summed E-state index contributed by atoms with van der Waals surface area (Å²) in [5.41, 5.74) is 8.83. The molecule has 0 aliphatic carbocycles. The molecular formula is C16H13N3O2. The van der Waals surface area contributed by atoms with Gasteiger partial charge in [0.05, 0.1) is 17.3 Å². The molecule has 21 heavy (non-hydrogen) atoms. The molecule has 0 atom stereocenters. The highest BCUT2D eigenvalue weighted by molar-refractivity contribution is 5.94. The number of nitrogens with one attached hydrogen (secondary N) is 1. The predicted molar refractivity (Wildman–Crippen MR) is 79.0 cm³/mol. The number of benzene rings is 2. The Kier molecular flexibility index (Phi) is 3.20. The number of carbonyl (C=O) groups excluding carboxylic acids is 1. The first-order valence-corrected chi connectivity index (χ1v) is 6.56. The lowest BCUT2D eigenvalue weighted by atomic mass is 10.0. The van der Waals surface area contributed by atoms with Gasteiger partial charge in [0, 0.05) is 18.2 Å². The Labute approximate surface area is 121 Å². The zero-order valence-electron chi connectivity index (χ0n) is 11.2. The maximum atomic E-state index is 11.4. The van der Waals surface area contributed by atoms with Gasteiger partial charge in [0.1, 0.15) is 5.75 Å². The van der Waals surface area contributed by atoms with Crippen molar-refractivity contribution in [3.63, 3.8) is 0 Å². The molecule has 1 aliphatic heterocycles. The molecular weight excluding hydrogens is 266 g/mol. The Morgan fingerprint density at radius 1 is 1.19 bits per heavy atom. The molecule has 3 rings (SSSR count). The van der Waals surface area contributed by atoms with Crippen molar-refractivity contribution in [3.8, 4) is 17.6 Å². The molecule has 0 bridgehead atoms. The first kappa shape index (κ1) is 13.0. The Morgan fingerprint density at radius 2 is 1.95 bits per heavy atom. The number of ether oxygens (including phenoxy) is 1. The molecule has 2 aromatic rings. The molecule has 0 fully saturated rings. The molecule has 2 aromatic carbocycles. The molecule has 3 N–H and O–H groups in total. The highest BCUT2D eigenvalue weighted by Crippen LogP contribution is 2.35. The van der Waals surface area contributed by atoms with E-state index in [2.05, 4.69) is 5.32 Å². The molecule has 0 aromatic heterocycles. The maximum Gasteiger partial charge on any atom is 0.224 e. The van der Waals surface area contributed by atoms with E-state index in [9.17, 15) is 4.79 Å². The topological polar surface area (TPSA) is 88.1 Å². The first-order chi connectivity index (χ1) is 10.2. The van der Waals surface area contributed by atoms with Crippen LogP contribution >= 0.6 is 0 Å². The number of amides is 1. The second-order valence-electron chi connectivity index (χ2n) is 4.83. The number of nitrogens with two attached hydrogens (primary N) is 1.